The van der Waals surface area contributed by atoms with Gasteiger partial charge >= 0.3 is 0 Å². The molecule has 11 heavy (non-hydrogen) atoms. The molecule has 62 valence electrons. The van der Waals surface area contributed by atoms with Crippen molar-refractivity contribution in [1.29, 1.82) is 0 Å². The van der Waals surface area contributed by atoms with Crippen molar-refractivity contribution in [3.63, 3.8) is 0 Å². The highest BCUT2D eigenvalue weighted by Crippen LogP contribution is 2.31. The monoisotopic (exact) mass is 192 g/mol. The molecule has 0 aromatic carbocycles. The van der Waals surface area contributed by atoms with Crippen molar-refractivity contribution in [3.8, 4) is 0 Å². The topological polar surface area (TPSA) is 17.1 Å². The molecule has 1 aliphatic rings. The summed E-state index contributed by atoms with van der Waals surface area (Å²) >= 11 is 11.2. The molecule has 0 spiro atoms. The van der Waals surface area contributed by atoms with E-state index in [-0.39, 0.29) is 5.92 Å². The molecule has 0 saturated heterocycles. The molecule has 0 unspecified atom stereocenters. The maximum Gasteiger partial charge on any atom is 0.123 e. The summed E-state index contributed by atoms with van der Waals surface area (Å²) < 4.78 is 0.398. The Bertz CT molecular complexity index is 173. The van der Waals surface area contributed by atoms with Gasteiger partial charge in [-0.2, -0.15) is 0 Å². The molecule has 0 aromatic rings. The third kappa shape index (κ3) is 2.49. The third-order valence-corrected chi connectivity index (χ3v) is 2.63. The highest BCUT2D eigenvalue weighted by molar-refractivity contribution is 6.56. The van der Waals surface area contributed by atoms with E-state index in [0.717, 1.165) is 37.5 Å². The van der Waals surface area contributed by atoms with E-state index in [9.17, 15) is 4.79 Å². The molecule has 0 aliphatic heterocycles. The van der Waals surface area contributed by atoms with E-state index in [2.05, 4.69) is 0 Å². The minimum absolute atomic E-state index is 0.228. The first-order valence-corrected chi connectivity index (χ1v) is 4.48. The molecule has 0 aromatic heterocycles. The number of aldehydes is 1. The van der Waals surface area contributed by atoms with Crippen molar-refractivity contribution in [3.05, 3.63) is 10.1 Å². The lowest BCUT2D eigenvalue weighted by Gasteiger charge is -2.18. The second-order valence-corrected chi connectivity index (χ2v) is 3.79. The molecular formula is C8H10Cl2O. The molecule has 3 heteroatoms. The molecule has 0 heterocycles. The lowest BCUT2D eigenvalue weighted by Crippen LogP contribution is -2.09. The van der Waals surface area contributed by atoms with Gasteiger partial charge in [0, 0.05) is 5.92 Å². The van der Waals surface area contributed by atoms with Gasteiger partial charge in [0.15, 0.2) is 0 Å². The zero-order chi connectivity index (χ0) is 8.27. The van der Waals surface area contributed by atoms with Crippen LogP contribution in [-0.4, -0.2) is 6.29 Å². The zero-order valence-electron chi connectivity index (χ0n) is 6.15. The number of hydrogen-bond donors (Lipinski definition) is 0. The third-order valence-electron chi connectivity index (χ3n) is 2.09. The summed E-state index contributed by atoms with van der Waals surface area (Å²) in [6.07, 6.45) is 4.60. The predicted octanol–water partition coefficient (Wildman–Crippen LogP) is 3.06. The molecule has 0 bridgehead atoms. The molecule has 0 N–H and O–H groups in total. The fourth-order valence-corrected chi connectivity index (χ4v) is 1.69. The van der Waals surface area contributed by atoms with E-state index in [4.69, 9.17) is 23.2 Å². The van der Waals surface area contributed by atoms with Crippen LogP contribution in [0.5, 0.6) is 0 Å². The van der Waals surface area contributed by atoms with Crippen LogP contribution in [0.25, 0.3) is 0 Å². The van der Waals surface area contributed by atoms with Crippen LogP contribution in [-0.2, 0) is 4.79 Å². The normalized spacial score (nSPS) is 24.9. The standard InChI is InChI=1S/C8H10Cl2O/c9-8(10)7-3-1-6(5-11)2-4-7/h5-6H,1-4H2. The Morgan fingerprint density at radius 2 is 1.91 bits per heavy atom. The first kappa shape index (κ1) is 9.08. The first-order chi connectivity index (χ1) is 5.24. The summed E-state index contributed by atoms with van der Waals surface area (Å²) in [5.41, 5.74) is 1.10. The summed E-state index contributed by atoms with van der Waals surface area (Å²) in [5.74, 6) is 0.228. The second-order valence-electron chi connectivity index (χ2n) is 2.84. The molecule has 1 rings (SSSR count). The van der Waals surface area contributed by atoms with E-state index in [1.807, 2.05) is 0 Å². The van der Waals surface area contributed by atoms with Crippen molar-refractivity contribution >= 4 is 29.5 Å². The maximum absolute atomic E-state index is 10.4. The van der Waals surface area contributed by atoms with Crippen molar-refractivity contribution < 1.29 is 4.79 Å². The molecule has 0 amide bonds. The van der Waals surface area contributed by atoms with E-state index in [1.165, 1.54) is 0 Å². The molecule has 1 fully saturated rings. The summed E-state index contributed by atoms with van der Waals surface area (Å²) in [5, 5.41) is 0. The molecule has 1 saturated carbocycles. The second kappa shape index (κ2) is 4.13. The fraction of sp³-hybridized carbons (Fsp3) is 0.625. The van der Waals surface area contributed by atoms with Gasteiger partial charge in [0.1, 0.15) is 10.8 Å². The number of allylic oxidation sites excluding steroid dienone is 1. The van der Waals surface area contributed by atoms with Gasteiger partial charge in [0.05, 0.1) is 0 Å². The SMILES string of the molecule is O=CC1CCC(=C(Cl)Cl)CC1. The Hall–Kier alpha value is -0.0100. The van der Waals surface area contributed by atoms with Gasteiger partial charge < -0.3 is 4.79 Å². The van der Waals surface area contributed by atoms with Crippen molar-refractivity contribution in [2.75, 3.05) is 0 Å². The number of carbonyl (C=O) groups is 1. The lowest BCUT2D eigenvalue weighted by molar-refractivity contribution is -0.111. The smallest absolute Gasteiger partial charge is 0.123 e. The van der Waals surface area contributed by atoms with E-state index in [1.54, 1.807) is 0 Å². The van der Waals surface area contributed by atoms with Gasteiger partial charge in [-0.25, -0.2) is 0 Å². The van der Waals surface area contributed by atoms with Crippen LogP contribution in [0.2, 0.25) is 0 Å². The summed E-state index contributed by atoms with van der Waals surface area (Å²) in [6, 6.07) is 0. The maximum atomic E-state index is 10.4. The van der Waals surface area contributed by atoms with Crippen molar-refractivity contribution in [1.82, 2.24) is 0 Å². The van der Waals surface area contributed by atoms with E-state index >= 15 is 0 Å². The number of halogens is 2. The molecule has 1 aliphatic carbocycles. The quantitative estimate of drug-likeness (QED) is 0.585. The van der Waals surface area contributed by atoms with Crippen LogP contribution < -0.4 is 0 Å². The molecule has 0 atom stereocenters. The number of rotatable bonds is 1. The van der Waals surface area contributed by atoms with Gasteiger partial charge in [-0.3, -0.25) is 0 Å². The van der Waals surface area contributed by atoms with Gasteiger partial charge in [-0.05, 0) is 31.3 Å². The predicted molar refractivity (Wildman–Crippen MR) is 46.8 cm³/mol. The Balaban J connectivity index is 2.48. The highest BCUT2D eigenvalue weighted by Gasteiger charge is 2.16. The van der Waals surface area contributed by atoms with Crippen LogP contribution in [0, 0.1) is 5.92 Å². The average molecular weight is 193 g/mol. The minimum atomic E-state index is 0.228. The van der Waals surface area contributed by atoms with Crippen LogP contribution in [0.3, 0.4) is 0 Å². The summed E-state index contributed by atoms with van der Waals surface area (Å²) in [4.78, 5) is 10.4. The Kier molecular flexibility index (Phi) is 3.41. The van der Waals surface area contributed by atoms with Crippen LogP contribution in [0.1, 0.15) is 25.7 Å². The van der Waals surface area contributed by atoms with Gasteiger partial charge in [0.25, 0.3) is 0 Å². The van der Waals surface area contributed by atoms with Gasteiger partial charge in [-0.1, -0.05) is 23.2 Å². The summed E-state index contributed by atoms with van der Waals surface area (Å²) in [6.45, 7) is 0. The average Bonchev–Trinajstić information content (AvgIpc) is 2.05. The minimum Gasteiger partial charge on any atom is -0.303 e. The highest BCUT2D eigenvalue weighted by atomic mass is 35.5. The molecule has 0 radical (unpaired) electrons. The van der Waals surface area contributed by atoms with Gasteiger partial charge in [0.2, 0.25) is 0 Å². The molecular weight excluding hydrogens is 183 g/mol. The fourth-order valence-electron chi connectivity index (χ4n) is 1.31. The van der Waals surface area contributed by atoms with Crippen molar-refractivity contribution in [2.45, 2.75) is 25.7 Å². The number of hydrogen-bond acceptors (Lipinski definition) is 1. The van der Waals surface area contributed by atoms with Gasteiger partial charge in [-0.15, -0.1) is 0 Å². The van der Waals surface area contributed by atoms with Crippen molar-refractivity contribution in [2.24, 2.45) is 5.92 Å². The first-order valence-electron chi connectivity index (χ1n) is 3.72. The Morgan fingerprint density at radius 3 is 2.27 bits per heavy atom. The largest absolute Gasteiger partial charge is 0.303 e. The van der Waals surface area contributed by atoms with E-state index in [0.29, 0.717) is 4.49 Å². The summed E-state index contributed by atoms with van der Waals surface area (Å²) in [7, 11) is 0. The van der Waals surface area contributed by atoms with Crippen LogP contribution in [0.4, 0.5) is 0 Å². The van der Waals surface area contributed by atoms with E-state index < -0.39 is 0 Å². The zero-order valence-corrected chi connectivity index (χ0v) is 7.66. The van der Waals surface area contributed by atoms with Crippen LogP contribution in [0.15, 0.2) is 10.1 Å². The Morgan fingerprint density at radius 1 is 1.36 bits per heavy atom. The molecule has 1 nitrogen and oxygen atoms in total. The number of carbonyl (C=O) groups excluding carboxylic acids is 1. The van der Waals surface area contributed by atoms with Crippen LogP contribution >= 0.6 is 23.2 Å². The lowest BCUT2D eigenvalue weighted by atomic mass is 9.88. The Labute approximate surface area is 76.4 Å².